The highest BCUT2D eigenvalue weighted by atomic mass is 35.5. The van der Waals surface area contributed by atoms with E-state index in [1.165, 1.54) is 4.88 Å². The summed E-state index contributed by atoms with van der Waals surface area (Å²) in [6.07, 6.45) is 2.54. The van der Waals surface area contributed by atoms with Crippen molar-refractivity contribution in [1.29, 1.82) is 0 Å². The van der Waals surface area contributed by atoms with Crippen molar-refractivity contribution in [3.63, 3.8) is 0 Å². The number of nitrogens with one attached hydrogen (secondary N) is 1. The second-order valence-electron chi connectivity index (χ2n) is 3.82. The van der Waals surface area contributed by atoms with Crippen LogP contribution in [0.4, 0.5) is 0 Å². The first-order valence-electron chi connectivity index (χ1n) is 5.74. The molecular weight excluding hydrogens is 268 g/mol. The first-order chi connectivity index (χ1) is 8.79. The van der Waals surface area contributed by atoms with Crippen LogP contribution in [0.2, 0.25) is 5.02 Å². The van der Waals surface area contributed by atoms with Crippen LogP contribution in [0.1, 0.15) is 10.4 Å². The maximum Gasteiger partial charge on any atom is 0.213 e. The van der Waals surface area contributed by atoms with Crippen molar-refractivity contribution < 1.29 is 4.74 Å². The van der Waals surface area contributed by atoms with Gasteiger partial charge in [-0.25, -0.2) is 4.98 Å². The lowest BCUT2D eigenvalue weighted by Crippen LogP contribution is -2.07. The summed E-state index contributed by atoms with van der Waals surface area (Å²) in [6.45, 7) is 1.34. The number of nitrogens with zero attached hydrogens (tertiary/aromatic N) is 1. The largest absolute Gasteiger partial charge is 0.477 e. The number of halogens is 1. The van der Waals surface area contributed by atoms with Crippen LogP contribution in [0.15, 0.2) is 29.8 Å². The Bertz CT molecular complexity index is 488. The third-order valence-corrected chi connectivity index (χ3v) is 3.73. The molecule has 1 N–H and O–H groups in total. The van der Waals surface area contributed by atoms with Gasteiger partial charge in [0.15, 0.2) is 0 Å². The van der Waals surface area contributed by atoms with E-state index in [0.717, 1.165) is 12.0 Å². The van der Waals surface area contributed by atoms with Crippen molar-refractivity contribution in [3.05, 3.63) is 45.2 Å². The summed E-state index contributed by atoms with van der Waals surface area (Å²) in [6, 6.07) is 6.04. The van der Waals surface area contributed by atoms with Gasteiger partial charge in [-0.2, -0.15) is 0 Å². The topological polar surface area (TPSA) is 34.1 Å². The quantitative estimate of drug-likeness (QED) is 0.884. The van der Waals surface area contributed by atoms with Gasteiger partial charge in [0.1, 0.15) is 0 Å². The Labute approximate surface area is 116 Å². The Hall–Kier alpha value is -1.10. The van der Waals surface area contributed by atoms with E-state index in [2.05, 4.69) is 21.7 Å². The van der Waals surface area contributed by atoms with Gasteiger partial charge in [-0.15, -0.1) is 11.3 Å². The van der Waals surface area contributed by atoms with Crippen molar-refractivity contribution in [2.24, 2.45) is 0 Å². The number of thiophene rings is 1. The SMILES string of the molecule is CNCc1cc(OCCc2cccs2)ncc1Cl. The number of aromatic nitrogens is 1. The fourth-order valence-electron chi connectivity index (χ4n) is 1.57. The van der Waals surface area contributed by atoms with E-state index < -0.39 is 0 Å². The third kappa shape index (κ3) is 3.70. The van der Waals surface area contributed by atoms with Crippen LogP contribution in [0.3, 0.4) is 0 Å². The van der Waals surface area contributed by atoms with E-state index in [0.29, 0.717) is 24.1 Å². The molecule has 96 valence electrons. The maximum atomic E-state index is 6.03. The molecule has 3 nitrogen and oxygen atoms in total. The molecule has 0 aliphatic heterocycles. The minimum atomic E-state index is 0.626. The zero-order chi connectivity index (χ0) is 12.8. The molecule has 2 aromatic heterocycles. The fraction of sp³-hybridized carbons (Fsp3) is 0.308. The lowest BCUT2D eigenvalue weighted by atomic mass is 10.2. The number of hydrogen-bond acceptors (Lipinski definition) is 4. The molecule has 2 aromatic rings. The normalized spacial score (nSPS) is 10.6. The average molecular weight is 283 g/mol. The first kappa shape index (κ1) is 13.3. The molecule has 2 heterocycles. The highest BCUT2D eigenvalue weighted by Crippen LogP contribution is 2.19. The summed E-state index contributed by atoms with van der Waals surface area (Å²) in [7, 11) is 1.88. The van der Waals surface area contributed by atoms with E-state index in [-0.39, 0.29) is 0 Å². The molecule has 0 atom stereocenters. The van der Waals surface area contributed by atoms with E-state index in [1.54, 1.807) is 17.5 Å². The Kier molecular flexibility index (Phi) is 4.99. The Morgan fingerprint density at radius 1 is 1.50 bits per heavy atom. The molecule has 0 aromatic carbocycles. The molecule has 0 saturated heterocycles. The van der Waals surface area contributed by atoms with Gasteiger partial charge in [-0.3, -0.25) is 0 Å². The van der Waals surface area contributed by atoms with E-state index in [1.807, 2.05) is 19.2 Å². The molecule has 0 fully saturated rings. The predicted molar refractivity (Wildman–Crippen MR) is 75.5 cm³/mol. The van der Waals surface area contributed by atoms with E-state index in [9.17, 15) is 0 Å². The summed E-state index contributed by atoms with van der Waals surface area (Å²) in [5, 5.41) is 5.80. The molecule has 0 aliphatic rings. The standard InChI is InChI=1S/C13H15ClN2OS/c1-15-8-10-7-13(16-9-12(10)14)17-5-4-11-3-2-6-18-11/h2-3,6-7,9,15H,4-5,8H2,1H3. The molecule has 5 heteroatoms. The molecule has 0 unspecified atom stereocenters. The van der Waals surface area contributed by atoms with Crippen LogP contribution < -0.4 is 10.1 Å². The maximum absolute atomic E-state index is 6.03. The van der Waals surface area contributed by atoms with Crippen molar-refractivity contribution in [2.75, 3.05) is 13.7 Å². The molecular formula is C13H15ClN2OS. The van der Waals surface area contributed by atoms with Gasteiger partial charge < -0.3 is 10.1 Å². The van der Waals surface area contributed by atoms with Gasteiger partial charge in [-0.1, -0.05) is 17.7 Å². The Balaban J connectivity index is 1.90. The molecule has 0 aliphatic carbocycles. The van der Waals surface area contributed by atoms with Gasteiger partial charge in [-0.05, 0) is 24.1 Å². The van der Waals surface area contributed by atoms with Gasteiger partial charge in [0.05, 0.1) is 11.6 Å². The van der Waals surface area contributed by atoms with Crippen molar-refractivity contribution in [1.82, 2.24) is 10.3 Å². The molecule has 18 heavy (non-hydrogen) atoms. The Morgan fingerprint density at radius 2 is 2.39 bits per heavy atom. The van der Waals surface area contributed by atoms with Gasteiger partial charge >= 0.3 is 0 Å². The van der Waals surface area contributed by atoms with E-state index >= 15 is 0 Å². The first-order valence-corrected chi connectivity index (χ1v) is 6.99. The van der Waals surface area contributed by atoms with Crippen molar-refractivity contribution >= 4 is 22.9 Å². The number of rotatable bonds is 6. The molecule has 0 radical (unpaired) electrons. The zero-order valence-corrected chi connectivity index (χ0v) is 11.7. The summed E-state index contributed by atoms with van der Waals surface area (Å²) in [5.74, 6) is 0.626. The van der Waals surface area contributed by atoms with Crippen LogP contribution in [0.5, 0.6) is 5.88 Å². The van der Waals surface area contributed by atoms with Gasteiger partial charge in [0.2, 0.25) is 5.88 Å². The van der Waals surface area contributed by atoms with Gasteiger partial charge in [0.25, 0.3) is 0 Å². The zero-order valence-electron chi connectivity index (χ0n) is 10.1. The monoisotopic (exact) mass is 282 g/mol. The van der Waals surface area contributed by atoms with Crippen molar-refractivity contribution in [2.45, 2.75) is 13.0 Å². The second-order valence-corrected chi connectivity index (χ2v) is 5.26. The minimum Gasteiger partial charge on any atom is -0.477 e. The van der Waals surface area contributed by atoms with E-state index in [4.69, 9.17) is 16.3 Å². The van der Waals surface area contributed by atoms with Gasteiger partial charge in [0, 0.05) is 30.1 Å². The number of ether oxygens (including phenoxy) is 1. The molecule has 0 amide bonds. The third-order valence-electron chi connectivity index (χ3n) is 2.46. The summed E-state index contributed by atoms with van der Waals surface area (Å²) in [5.41, 5.74) is 1.00. The predicted octanol–water partition coefficient (Wildman–Crippen LogP) is 3.14. The molecule has 0 spiro atoms. The molecule has 0 bridgehead atoms. The number of hydrogen-bond donors (Lipinski definition) is 1. The highest BCUT2D eigenvalue weighted by molar-refractivity contribution is 7.09. The molecule has 2 rings (SSSR count). The minimum absolute atomic E-state index is 0.626. The summed E-state index contributed by atoms with van der Waals surface area (Å²) < 4.78 is 5.63. The lowest BCUT2D eigenvalue weighted by Gasteiger charge is -2.08. The van der Waals surface area contributed by atoms with Crippen molar-refractivity contribution in [3.8, 4) is 5.88 Å². The number of pyridine rings is 1. The molecule has 0 saturated carbocycles. The van der Waals surface area contributed by atoms with Crippen LogP contribution in [0.25, 0.3) is 0 Å². The fourth-order valence-corrected chi connectivity index (χ4v) is 2.43. The summed E-state index contributed by atoms with van der Waals surface area (Å²) >= 11 is 7.77. The van der Waals surface area contributed by atoms with Crippen LogP contribution in [-0.4, -0.2) is 18.6 Å². The smallest absolute Gasteiger partial charge is 0.213 e. The lowest BCUT2D eigenvalue weighted by molar-refractivity contribution is 0.310. The van der Waals surface area contributed by atoms with Crippen LogP contribution >= 0.6 is 22.9 Å². The Morgan fingerprint density at radius 3 is 3.11 bits per heavy atom. The summed E-state index contributed by atoms with van der Waals surface area (Å²) in [4.78, 5) is 5.48. The second kappa shape index (κ2) is 6.73. The van der Waals surface area contributed by atoms with Crippen LogP contribution in [0, 0.1) is 0 Å². The van der Waals surface area contributed by atoms with Crippen LogP contribution in [-0.2, 0) is 13.0 Å². The highest BCUT2D eigenvalue weighted by Gasteiger charge is 2.04. The average Bonchev–Trinajstić information content (AvgIpc) is 2.87.